The number of nitrogens with zero attached hydrogens (tertiary/aromatic N) is 1. The number of rotatable bonds is 9. The molecule has 0 bridgehead atoms. The molecular weight excluding hydrogens is 196 g/mol. The van der Waals surface area contributed by atoms with Gasteiger partial charge in [-0.3, -0.25) is 0 Å². The van der Waals surface area contributed by atoms with Gasteiger partial charge >= 0.3 is 0 Å². The van der Waals surface area contributed by atoms with Crippen molar-refractivity contribution in [2.24, 2.45) is 11.8 Å². The topological polar surface area (TPSA) is 15.3 Å². The Kier molecular flexibility index (Phi) is 6.37. The highest BCUT2D eigenvalue weighted by Crippen LogP contribution is 2.30. The van der Waals surface area contributed by atoms with Crippen LogP contribution in [0, 0.1) is 11.8 Å². The molecule has 1 unspecified atom stereocenters. The number of hydrogen-bond donors (Lipinski definition) is 1. The minimum absolute atomic E-state index is 0.741. The lowest BCUT2D eigenvalue weighted by Gasteiger charge is -2.28. The summed E-state index contributed by atoms with van der Waals surface area (Å²) in [4.78, 5) is 2.65. The zero-order valence-electron chi connectivity index (χ0n) is 11.6. The lowest BCUT2D eigenvalue weighted by atomic mass is 10.1. The van der Waals surface area contributed by atoms with Crippen LogP contribution in [0.5, 0.6) is 0 Å². The lowest BCUT2D eigenvalue weighted by Crippen LogP contribution is -2.37. The van der Waals surface area contributed by atoms with E-state index in [1.165, 1.54) is 38.9 Å². The molecule has 0 heterocycles. The summed E-state index contributed by atoms with van der Waals surface area (Å²) in [6.45, 7) is 14.1. The summed E-state index contributed by atoms with van der Waals surface area (Å²) in [7, 11) is 0. The Balaban J connectivity index is 2.08. The lowest BCUT2D eigenvalue weighted by molar-refractivity contribution is 0.200. The SMILES string of the molecule is CCN(CC1CC1)C(C)CCNCC(C)C. The van der Waals surface area contributed by atoms with E-state index in [4.69, 9.17) is 0 Å². The summed E-state index contributed by atoms with van der Waals surface area (Å²) in [6.07, 6.45) is 4.22. The van der Waals surface area contributed by atoms with Crippen molar-refractivity contribution in [1.29, 1.82) is 0 Å². The van der Waals surface area contributed by atoms with Crippen molar-refractivity contribution >= 4 is 0 Å². The molecule has 0 radical (unpaired) electrons. The molecule has 0 spiro atoms. The molecule has 1 fully saturated rings. The third-order valence-electron chi connectivity index (χ3n) is 3.51. The second kappa shape index (κ2) is 7.29. The fourth-order valence-corrected chi connectivity index (χ4v) is 2.14. The standard InChI is InChI=1S/C14H30N2/c1-5-16(11-14-6-7-14)13(4)8-9-15-10-12(2)3/h12-15H,5-11H2,1-4H3. The van der Waals surface area contributed by atoms with Gasteiger partial charge in [-0.1, -0.05) is 20.8 Å². The van der Waals surface area contributed by atoms with Crippen LogP contribution in [0.1, 0.15) is 47.0 Å². The molecule has 0 amide bonds. The molecule has 0 aliphatic heterocycles. The van der Waals surface area contributed by atoms with Crippen LogP contribution in [-0.4, -0.2) is 37.1 Å². The Hall–Kier alpha value is -0.0800. The molecular formula is C14H30N2. The molecule has 1 saturated carbocycles. The smallest absolute Gasteiger partial charge is 0.00790 e. The van der Waals surface area contributed by atoms with Crippen molar-refractivity contribution in [3.05, 3.63) is 0 Å². The fraction of sp³-hybridized carbons (Fsp3) is 1.00. The highest BCUT2D eigenvalue weighted by Gasteiger charge is 2.25. The first-order chi connectivity index (χ1) is 7.63. The van der Waals surface area contributed by atoms with Gasteiger partial charge in [0.1, 0.15) is 0 Å². The van der Waals surface area contributed by atoms with Crippen molar-refractivity contribution in [2.45, 2.75) is 53.0 Å². The van der Waals surface area contributed by atoms with Crippen LogP contribution in [0.2, 0.25) is 0 Å². The minimum Gasteiger partial charge on any atom is -0.316 e. The zero-order valence-corrected chi connectivity index (χ0v) is 11.6. The van der Waals surface area contributed by atoms with Crippen LogP contribution in [0.25, 0.3) is 0 Å². The molecule has 2 heteroatoms. The molecule has 1 aliphatic carbocycles. The molecule has 0 aromatic heterocycles. The monoisotopic (exact) mass is 226 g/mol. The van der Waals surface area contributed by atoms with E-state index >= 15 is 0 Å². The number of nitrogens with one attached hydrogen (secondary N) is 1. The predicted octanol–water partition coefficient (Wildman–Crippen LogP) is 2.74. The van der Waals surface area contributed by atoms with Crippen LogP contribution in [0.4, 0.5) is 0 Å². The summed E-state index contributed by atoms with van der Waals surface area (Å²) in [5.74, 6) is 1.79. The summed E-state index contributed by atoms with van der Waals surface area (Å²) < 4.78 is 0. The predicted molar refractivity (Wildman–Crippen MR) is 71.8 cm³/mol. The van der Waals surface area contributed by atoms with Gasteiger partial charge in [-0.05, 0) is 57.7 Å². The van der Waals surface area contributed by atoms with Crippen LogP contribution >= 0.6 is 0 Å². The van der Waals surface area contributed by atoms with E-state index in [0.29, 0.717) is 0 Å². The first-order valence-corrected chi connectivity index (χ1v) is 7.08. The second-order valence-corrected chi connectivity index (χ2v) is 5.77. The maximum Gasteiger partial charge on any atom is 0.00790 e. The molecule has 16 heavy (non-hydrogen) atoms. The van der Waals surface area contributed by atoms with E-state index in [0.717, 1.165) is 24.4 Å². The van der Waals surface area contributed by atoms with Crippen molar-refractivity contribution in [3.8, 4) is 0 Å². The fourth-order valence-electron chi connectivity index (χ4n) is 2.14. The summed E-state index contributed by atoms with van der Waals surface area (Å²) in [5, 5.41) is 3.54. The average molecular weight is 226 g/mol. The van der Waals surface area contributed by atoms with Gasteiger partial charge < -0.3 is 10.2 Å². The number of hydrogen-bond acceptors (Lipinski definition) is 2. The average Bonchev–Trinajstić information content (AvgIpc) is 3.04. The van der Waals surface area contributed by atoms with Crippen molar-refractivity contribution in [1.82, 2.24) is 10.2 Å². The van der Waals surface area contributed by atoms with E-state index in [1.54, 1.807) is 0 Å². The molecule has 1 atom stereocenters. The van der Waals surface area contributed by atoms with Crippen LogP contribution < -0.4 is 5.32 Å². The Morgan fingerprint density at radius 3 is 2.44 bits per heavy atom. The molecule has 2 nitrogen and oxygen atoms in total. The van der Waals surface area contributed by atoms with Gasteiger partial charge in [-0.25, -0.2) is 0 Å². The van der Waals surface area contributed by atoms with Crippen LogP contribution in [-0.2, 0) is 0 Å². The third-order valence-corrected chi connectivity index (χ3v) is 3.51. The van der Waals surface area contributed by atoms with Crippen LogP contribution in [0.3, 0.4) is 0 Å². The van der Waals surface area contributed by atoms with E-state index < -0.39 is 0 Å². The minimum atomic E-state index is 0.741. The van der Waals surface area contributed by atoms with E-state index in [-0.39, 0.29) is 0 Å². The Morgan fingerprint density at radius 1 is 1.25 bits per heavy atom. The van der Waals surface area contributed by atoms with Gasteiger partial charge in [0.25, 0.3) is 0 Å². The summed E-state index contributed by atoms with van der Waals surface area (Å²) >= 11 is 0. The highest BCUT2D eigenvalue weighted by molar-refractivity contribution is 4.79. The Morgan fingerprint density at radius 2 is 1.94 bits per heavy atom. The van der Waals surface area contributed by atoms with Gasteiger partial charge in [-0.15, -0.1) is 0 Å². The van der Waals surface area contributed by atoms with E-state index in [9.17, 15) is 0 Å². The van der Waals surface area contributed by atoms with Crippen LogP contribution in [0.15, 0.2) is 0 Å². The van der Waals surface area contributed by atoms with Gasteiger partial charge in [0, 0.05) is 12.6 Å². The largest absolute Gasteiger partial charge is 0.316 e. The van der Waals surface area contributed by atoms with Crippen molar-refractivity contribution in [3.63, 3.8) is 0 Å². The first kappa shape index (κ1) is 14.0. The van der Waals surface area contributed by atoms with Gasteiger partial charge in [0.2, 0.25) is 0 Å². The molecule has 0 aromatic carbocycles. The van der Waals surface area contributed by atoms with E-state index in [2.05, 4.69) is 37.9 Å². The second-order valence-electron chi connectivity index (χ2n) is 5.77. The first-order valence-electron chi connectivity index (χ1n) is 7.08. The quantitative estimate of drug-likeness (QED) is 0.608. The zero-order chi connectivity index (χ0) is 12.0. The molecule has 1 N–H and O–H groups in total. The van der Waals surface area contributed by atoms with Crippen molar-refractivity contribution in [2.75, 3.05) is 26.2 Å². The van der Waals surface area contributed by atoms with Gasteiger partial charge in [-0.2, -0.15) is 0 Å². The molecule has 0 saturated heterocycles. The summed E-state index contributed by atoms with van der Waals surface area (Å²) in [6, 6.07) is 0.741. The maximum absolute atomic E-state index is 3.54. The highest BCUT2D eigenvalue weighted by atomic mass is 15.2. The normalized spacial score (nSPS) is 18.4. The maximum atomic E-state index is 3.54. The third kappa shape index (κ3) is 5.86. The van der Waals surface area contributed by atoms with Gasteiger partial charge in [0.05, 0.1) is 0 Å². The molecule has 96 valence electrons. The van der Waals surface area contributed by atoms with E-state index in [1.807, 2.05) is 0 Å². The van der Waals surface area contributed by atoms with Crippen molar-refractivity contribution < 1.29 is 0 Å². The van der Waals surface area contributed by atoms with Gasteiger partial charge in [0.15, 0.2) is 0 Å². The Labute approximate surface area is 102 Å². The summed E-state index contributed by atoms with van der Waals surface area (Å²) in [5.41, 5.74) is 0. The molecule has 0 aromatic rings. The Bertz CT molecular complexity index is 176. The molecule has 1 rings (SSSR count). The molecule has 1 aliphatic rings.